The number of nitrogens with one attached hydrogen (secondary N) is 2. The highest BCUT2D eigenvalue weighted by atomic mass is 16.2. The Labute approximate surface area is 143 Å². The van der Waals surface area contributed by atoms with Crippen LogP contribution in [-0.2, 0) is 4.79 Å². The molecule has 2 N–H and O–H groups in total. The van der Waals surface area contributed by atoms with Gasteiger partial charge in [-0.3, -0.25) is 20.0 Å². The van der Waals surface area contributed by atoms with Crippen LogP contribution >= 0.6 is 0 Å². The first-order valence-corrected chi connectivity index (χ1v) is 8.46. The van der Waals surface area contributed by atoms with E-state index in [9.17, 15) is 9.59 Å². The number of ketones is 1. The molecule has 0 unspecified atom stereocenters. The SMILES string of the molecule is C[C@H](CC(=O)[C@H]1[C@@H](C)C=CCC1(C)C)NNC(=O)c1ccncc1. The number of hydrazine groups is 1. The molecular weight excluding hydrogens is 302 g/mol. The summed E-state index contributed by atoms with van der Waals surface area (Å²) in [6, 6.07) is 3.16. The smallest absolute Gasteiger partial charge is 0.265 e. The van der Waals surface area contributed by atoms with E-state index in [1.54, 1.807) is 24.5 Å². The van der Waals surface area contributed by atoms with E-state index in [1.165, 1.54) is 0 Å². The molecule has 0 saturated heterocycles. The Bertz CT molecular complexity index is 610. The van der Waals surface area contributed by atoms with Gasteiger partial charge in [0.1, 0.15) is 5.78 Å². The molecule has 24 heavy (non-hydrogen) atoms. The molecule has 2 rings (SSSR count). The number of pyridine rings is 1. The number of rotatable bonds is 6. The Balaban J connectivity index is 1.88. The van der Waals surface area contributed by atoms with Crippen LogP contribution in [0.2, 0.25) is 0 Å². The minimum Gasteiger partial charge on any atom is -0.299 e. The number of allylic oxidation sites excluding steroid dienone is 2. The zero-order chi connectivity index (χ0) is 17.7. The zero-order valence-electron chi connectivity index (χ0n) is 14.9. The molecule has 1 heterocycles. The molecule has 0 saturated carbocycles. The van der Waals surface area contributed by atoms with Gasteiger partial charge in [0.05, 0.1) is 0 Å². The first-order chi connectivity index (χ1) is 11.3. The van der Waals surface area contributed by atoms with Gasteiger partial charge in [-0.05, 0) is 36.8 Å². The summed E-state index contributed by atoms with van der Waals surface area (Å²) in [6.45, 7) is 8.31. The summed E-state index contributed by atoms with van der Waals surface area (Å²) in [5.74, 6) is 0.281. The minimum atomic E-state index is -0.231. The molecule has 1 aliphatic carbocycles. The van der Waals surface area contributed by atoms with Crippen LogP contribution in [0.3, 0.4) is 0 Å². The molecule has 3 atom stereocenters. The van der Waals surface area contributed by atoms with E-state index in [2.05, 4.69) is 48.8 Å². The topological polar surface area (TPSA) is 71.1 Å². The summed E-state index contributed by atoms with van der Waals surface area (Å²) >= 11 is 0. The molecule has 5 heteroatoms. The van der Waals surface area contributed by atoms with Gasteiger partial charge in [-0.25, -0.2) is 5.43 Å². The van der Waals surface area contributed by atoms with Crippen molar-refractivity contribution in [1.82, 2.24) is 15.8 Å². The maximum Gasteiger partial charge on any atom is 0.265 e. The van der Waals surface area contributed by atoms with Crippen LogP contribution in [0.25, 0.3) is 0 Å². The Morgan fingerprint density at radius 1 is 1.33 bits per heavy atom. The largest absolute Gasteiger partial charge is 0.299 e. The molecule has 130 valence electrons. The van der Waals surface area contributed by atoms with Gasteiger partial charge in [-0.15, -0.1) is 0 Å². The van der Waals surface area contributed by atoms with Crippen molar-refractivity contribution in [2.45, 2.75) is 46.6 Å². The second-order valence-electron chi connectivity index (χ2n) is 7.36. The van der Waals surface area contributed by atoms with Gasteiger partial charge >= 0.3 is 0 Å². The molecular formula is C19H27N3O2. The van der Waals surface area contributed by atoms with E-state index in [0.29, 0.717) is 12.0 Å². The predicted molar refractivity (Wildman–Crippen MR) is 94.1 cm³/mol. The minimum absolute atomic E-state index is 0.0163. The lowest BCUT2D eigenvalue weighted by Gasteiger charge is -2.39. The zero-order valence-corrected chi connectivity index (χ0v) is 14.9. The molecule has 0 spiro atoms. The fourth-order valence-electron chi connectivity index (χ4n) is 3.51. The third-order valence-corrected chi connectivity index (χ3v) is 4.68. The van der Waals surface area contributed by atoms with Crippen LogP contribution < -0.4 is 10.9 Å². The van der Waals surface area contributed by atoms with Crippen LogP contribution in [0.4, 0.5) is 0 Å². The summed E-state index contributed by atoms with van der Waals surface area (Å²) in [4.78, 5) is 28.6. The number of carbonyl (C=O) groups excluding carboxylic acids is 2. The molecule has 0 radical (unpaired) electrons. The van der Waals surface area contributed by atoms with Gasteiger partial charge < -0.3 is 0 Å². The highest BCUT2D eigenvalue weighted by Crippen LogP contribution is 2.41. The second-order valence-corrected chi connectivity index (χ2v) is 7.36. The van der Waals surface area contributed by atoms with Crippen molar-refractivity contribution < 1.29 is 9.59 Å². The van der Waals surface area contributed by atoms with Gasteiger partial charge in [0.2, 0.25) is 0 Å². The lowest BCUT2D eigenvalue weighted by Crippen LogP contribution is -2.46. The number of Topliss-reactive ketones (excluding diaryl/α,β-unsaturated/α-hetero) is 1. The average Bonchev–Trinajstić information content (AvgIpc) is 2.52. The highest BCUT2D eigenvalue weighted by Gasteiger charge is 2.39. The highest BCUT2D eigenvalue weighted by molar-refractivity contribution is 5.93. The molecule has 1 amide bonds. The quantitative estimate of drug-likeness (QED) is 0.622. The number of nitrogens with zero attached hydrogens (tertiary/aromatic N) is 1. The third-order valence-electron chi connectivity index (χ3n) is 4.68. The average molecular weight is 329 g/mol. The normalized spacial score (nSPS) is 23.5. The standard InChI is InChI=1S/C19H27N3O2/c1-13-6-5-9-19(3,4)17(13)16(23)12-14(2)21-22-18(24)15-7-10-20-11-8-15/h5-8,10-11,13-14,17,21H,9,12H2,1-4H3,(H,22,24)/t13-,14+,17+/m0/s1. The summed E-state index contributed by atoms with van der Waals surface area (Å²) in [5.41, 5.74) is 6.10. The van der Waals surface area contributed by atoms with E-state index >= 15 is 0 Å². The fourth-order valence-corrected chi connectivity index (χ4v) is 3.51. The van der Waals surface area contributed by atoms with Crippen molar-refractivity contribution in [2.75, 3.05) is 0 Å². The van der Waals surface area contributed by atoms with Gasteiger partial charge in [0.15, 0.2) is 0 Å². The van der Waals surface area contributed by atoms with Crippen LogP contribution in [0.5, 0.6) is 0 Å². The molecule has 5 nitrogen and oxygen atoms in total. The van der Waals surface area contributed by atoms with Crippen LogP contribution in [0.15, 0.2) is 36.7 Å². The van der Waals surface area contributed by atoms with E-state index in [0.717, 1.165) is 6.42 Å². The number of aromatic nitrogens is 1. The number of hydrogen-bond donors (Lipinski definition) is 2. The Morgan fingerprint density at radius 3 is 2.62 bits per heavy atom. The van der Waals surface area contributed by atoms with Crippen molar-refractivity contribution in [3.8, 4) is 0 Å². The van der Waals surface area contributed by atoms with Crippen molar-refractivity contribution in [3.63, 3.8) is 0 Å². The lowest BCUT2D eigenvalue weighted by atomic mass is 9.65. The third kappa shape index (κ3) is 4.51. The number of amides is 1. The van der Waals surface area contributed by atoms with E-state index in [4.69, 9.17) is 0 Å². The first kappa shape index (κ1) is 18.3. The van der Waals surface area contributed by atoms with Crippen LogP contribution in [0, 0.1) is 17.3 Å². The van der Waals surface area contributed by atoms with Gasteiger partial charge in [-0.2, -0.15) is 0 Å². The van der Waals surface area contributed by atoms with Crippen molar-refractivity contribution >= 4 is 11.7 Å². The summed E-state index contributed by atoms with van der Waals surface area (Å²) in [7, 11) is 0. The molecule has 0 fully saturated rings. The Hall–Kier alpha value is -2.01. The summed E-state index contributed by atoms with van der Waals surface area (Å²) in [5, 5.41) is 0. The van der Waals surface area contributed by atoms with Crippen molar-refractivity contribution in [1.29, 1.82) is 0 Å². The molecule has 0 aromatic carbocycles. The monoisotopic (exact) mass is 329 g/mol. The van der Waals surface area contributed by atoms with Crippen LogP contribution in [-0.4, -0.2) is 22.7 Å². The number of hydrogen-bond acceptors (Lipinski definition) is 4. The van der Waals surface area contributed by atoms with Crippen molar-refractivity contribution in [3.05, 3.63) is 42.2 Å². The Kier molecular flexibility index (Phi) is 5.89. The summed E-state index contributed by atoms with van der Waals surface area (Å²) < 4.78 is 0. The van der Waals surface area contributed by atoms with Crippen molar-refractivity contribution in [2.24, 2.45) is 17.3 Å². The molecule has 0 bridgehead atoms. The number of carbonyl (C=O) groups is 2. The molecule has 1 aliphatic rings. The van der Waals surface area contributed by atoms with Gasteiger partial charge in [0, 0.05) is 36.3 Å². The molecule has 1 aromatic rings. The van der Waals surface area contributed by atoms with E-state index in [1.807, 2.05) is 6.92 Å². The Morgan fingerprint density at radius 2 is 2.00 bits per heavy atom. The molecule has 0 aliphatic heterocycles. The maximum absolute atomic E-state index is 12.8. The predicted octanol–water partition coefficient (Wildman–Crippen LogP) is 2.90. The van der Waals surface area contributed by atoms with E-state index < -0.39 is 0 Å². The first-order valence-electron chi connectivity index (χ1n) is 8.46. The molecule has 1 aromatic heterocycles. The maximum atomic E-state index is 12.8. The van der Waals surface area contributed by atoms with Crippen LogP contribution in [0.1, 0.15) is 50.9 Å². The summed E-state index contributed by atoms with van der Waals surface area (Å²) in [6.07, 6.45) is 8.77. The lowest BCUT2D eigenvalue weighted by molar-refractivity contribution is -0.128. The fraction of sp³-hybridized carbons (Fsp3) is 0.526. The van der Waals surface area contributed by atoms with Gasteiger partial charge in [-0.1, -0.05) is 32.9 Å². The van der Waals surface area contributed by atoms with Gasteiger partial charge in [0.25, 0.3) is 5.91 Å². The van der Waals surface area contributed by atoms with E-state index in [-0.39, 0.29) is 35.0 Å². The second kappa shape index (κ2) is 7.71.